The van der Waals surface area contributed by atoms with Crippen molar-refractivity contribution in [1.82, 2.24) is 0 Å². The Morgan fingerprint density at radius 3 is 2.43 bits per heavy atom. The normalized spacial score (nSPS) is 13.7. The van der Waals surface area contributed by atoms with Gasteiger partial charge in [-0.1, -0.05) is 38.3 Å². The summed E-state index contributed by atoms with van der Waals surface area (Å²) in [7, 11) is 0. The lowest BCUT2D eigenvalue weighted by molar-refractivity contribution is -0.159. The number of unbranched alkanes of at least 4 members (excludes halogenated alkanes) is 2. The van der Waals surface area contributed by atoms with Gasteiger partial charge in [0.2, 0.25) is 0 Å². The average molecular weight is 294 g/mol. The van der Waals surface area contributed by atoms with Crippen molar-refractivity contribution in [3.63, 3.8) is 0 Å². The summed E-state index contributed by atoms with van der Waals surface area (Å²) in [6.07, 6.45) is 3.41. The summed E-state index contributed by atoms with van der Waals surface area (Å²) in [5.41, 5.74) is 0.972. The predicted molar refractivity (Wildman–Crippen MR) is 82.2 cm³/mol. The van der Waals surface area contributed by atoms with E-state index in [0.717, 1.165) is 31.2 Å². The first-order valence-corrected chi connectivity index (χ1v) is 7.69. The fraction of sp³-hybridized carbons (Fsp3) is 0.588. The number of hydrogen-bond acceptors (Lipinski definition) is 4. The van der Waals surface area contributed by atoms with Crippen LogP contribution in [0.2, 0.25) is 0 Å². The summed E-state index contributed by atoms with van der Waals surface area (Å²) in [5, 5.41) is 9.38. The highest BCUT2D eigenvalue weighted by Gasteiger charge is 2.21. The van der Waals surface area contributed by atoms with E-state index in [1.807, 2.05) is 12.1 Å². The van der Waals surface area contributed by atoms with Gasteiger partial charge in [0.1, 0.15) is 5.75 Å². The number of hydrogen-bond donors (Lipinski definition) is 1. The lowest BCUT2D eigenvalue weighted by Gasteiger charge is -2.22. The predicted octanol–water partition coefficient (Wildman–Crippen LogP) is 3.98. The van der Waals surface area contributed by atoms with Crippen LogP contribution in [0, 0.1) is 0 Å². The molecule has 0 aromatic heterocycles. The zero-order valence-corrected chi connectivity index (χ0v) is 13.2. The summed E-state index contributed by atoms with van der Waals surface area (Å²) in [5.74, 6) is -0.110. The number of carbonyl (C=O) groups is 1. The lowest BCUT2D eigenvalue weighted by atomic mass is 10.0. The van der Waals surface area contributed by atoms with Gasteiger partial charge < -0.3 is 14.6 Å². The van der Waals surface area contributed by atoms with Crippen molar-refractivity contribution in [2.75, 3.05) is 6.61 Å². The van der Waals surface area contributed by atoms with Gasteiger partial charge in [-0.2, -0.15) is 0 Å². The molecule has 21 heavy (non-hydrogen) atoms. The van der Waals surface area contributed by atoms with Crippen LogP contribution in [0.25, 0.3) is 0 Å². The van der Waals surface area contributed by atoms with Gasteiger partial charge in [-0.05, 0) is 38.0 Å². The Kier molecular flexibility index (Phi) is 7.83. The van der Waals surface area contributed by atoms with Gasteiger partial charge in [0.25, 0.3) is 0 Å². The fourth-order valence-electron chi connectivity index (χ4n) is 2.14. The molecule has 0 amide bonds. The second-order valence-electron chi connectivity index (χ2n) is 5.11. The van der Waals surface area contributed by atoms with Gasteiger partial charge in [-0.15, -0.1) is 0 Å². The van der Waals surface area contributed by atoms with Crippen LogP contribution in [0.1, 0.15) is 58.1 Å². The first kappa shape index (κ1) is 17.5. The van der Waals surface area contributed by atoms with Crippen molar-refractivity contribution < 1.29 is 19.4 Å². The molecule has 0 radical (unpaired) electrons. The van der Waals surface area contributed by atoms with Crippen molar-refractivity contribution in [3.8, 4) is 5.75 Å². The number of phenols is 1. The third kappa shape index (κ3) is 6.17. The maximum absolute atomic E-state index is 11.7. The van der Waals surface area contributed by atoms with E-state index in [9.17, 15) is 9.90 Å². The molecule has 0 fully saturated rings. The van der Waals surface area contributed by atoms with Gasteiger partial charge >= 0.3 is 5.97 Å². The molecule has 1 rings (SSSR count). The Labute approximate surface area is 127 Å². The number of esters is 1. The molecule has 4 nitrogen and oxygen atoms in total. The maximum atomic E-state index is 11.7. The van der Waals surface area contributed by atoms with Crippen LogP contribution in [0.4, 0.5) is 0 Å². The van der Waals surface area contributed by atoms with E-state index in [0.29, 0.717) is 6.61 Å². The molecule has 1 aromatic carbocycles. The zero-order valence-electron chi connectivity index (χ0n) is 13.2. The summed E-state index contributed by atoms with van der Waals surface area (Å²) >= 11 is 0. The average Bonchev–Trinajstić information content (AvgIpc) is 2.47. The minimum absolute atomic E-state index is 0.156. The van der Waals surface area contributed by atoms with Crippen LogP contribution in [0.15, 0.2) is 24.3 Å². The molecule has 1 N–H and O–H groups in total. The number of carbonyl (C=O) groups excluding carboxylic acids is 1. The lowest BCUT2D eigenvalue weighted by Crippen LogP contribution is -2.25. The Bertz CT molecular complexity index is 413. The van der Waals surface area contributed by atoms with Crippen molar-refractivity contribution in [3.05, 3.63) is 29.8 Å². The standard InChI is InChI=1S/C17H26O4/c1-4-6-7-8-16(14-9-11-15(18)12-10-14)21-13(3)17(19)20-5-2/h9-13,16,18H,4-8H2,1-3H3. The topological polar surface area (TPSA) is 55.8 Å². The summed E-state index contributed by atoms with van der Waals surface area (Å²) < 4.78 is 10.9. The highest BCUT2D eigenvalue weighted by molar-refractivity contribution is 5.74. The third-order valence-electron chi connectivity index (χ3n) is 3.32. The minimum Gasteiger partial charge on any atom is -0.508 e. The monoisotopic (exact) mass is 294 g/mol. The SMILES string of the molecule is CCCCCC(OC(C)C(=O)OCC)c1ccc(O)cc1. The molecule has 0 aliphatic carbocycles. The first-order chi connectivity index (χ1) is 10.1. The van der Waals surface area contributed by atoms with Crippen LogP contribution < -0.4 is 0 Å². The Hall–Kier alpha value is -1.55. The summed E-state index contributed by atoms with van der Waals surface area (Å²) in [6.45, 7) is 6.00. The quantitative estimate of drug-likeness (QED) is 0.553. The molecular formula is C17H26O4. The van der Waals surface area contributed by atoms with Gasteiger partial charge in [0.05, 0.1) is 12.7 Å². The number of rotatable bonds is 9. The van der Waals surface area contributed by atoms with Crippen LogP contribution in [0.5, 0.6) is 5.75 Å². The Morgan fingerprint density at radius 2 is 1.86 bits per heavy atom. The number of phenolic OH excluding ortho intramolecular Hbond substituents is 1. The second-order valence-corrected chi connectivity index (χ2v) is 5.11. The molecule has 0 spiro atoms. The smallest absolute Gasteiger partial charge is 0.334 e. The highest BCUT2D eigenvalue weighted by atomic mass is 16.6. The Morgan fingerprint density at radius 1 is 1.19 bits per heavy atom. The van der Waals surface area contributed by atoms with Gasteiger partial charge in [0, 0.05) is 0 Å². The van der Waals surface area contributed by atoms with E-state index in [1.54, 1.807) is 26.0 Å². The fourth-order valence-corrected chi connectivity index (χ4v) is 2.14. The first-order valence-electron chi connectivity index (χ1n) is 7.69. The molecule has 0 heterocycles. The molecule has 2 atom stereocenters. The molecule has 0 saturated heterocycles. The second kappa shape index (κ2) is 9.40. The van der Waals surface area contributed by atoms with E-state index in [2.05, 4.69) is 6.92 Å². The van der Waals surface area contributed by atoms with E-state index < -0.39 is 6.10 Å². The molecule has 0 bridgehead atoms. The summed E-state index contributed by atoms with van der Waals surface area (Å²) in [4.78, 5) is 11.7. The van der Waals surface area contributed by atoms with E-state index in [-0.39, 0.29) is 17.8 Å². The van der Waals surface area contributed by atoms with Gasteiger partial charge in [-0.3, -0.25) is 0 Å². The van der Waals surface area contributed by atoms with Gasteiger partial charge in [-0.25, -0.2) is 4.79 Å². The minimum atomic E-state index is -0.592. The van der Waals surface area contributed by atoms with Crippen molar-refractivity contribution in [2.24, 2.45) is 0 Å². The Balaban J connectivity index is 2.72. The van der Waals surface area contributed by atoms with Gasteiger partial charge in [0.15, 0.2) is 6.10 Å². The third-order valence-corrected chi connectivity index (χ3v) is 3.32. The van der Waals surface area contributed by atoms with Crippen LogP contribution >= 0.6 is 0 Å². The largest absolute Gasteiger partial charge is 0.508 e. The van der Waals surface area contributed by atoms with Crippen LogP contribution in [-0.2, 0) is 14.3 Å². The molecule has 1 aromatic rings. The van der Waals surface area contributed by atoms with Crippen molar-refractivity contribution in [2.45, 2.75) is 58.7 Å². The van der Waals surface area contributed by atoms with Crippen LogP contribution in [0.3, 0.4) is 0 Å². The molecular weight excluding hydrogens is 268 g/mol. The zero-order chi connectivity index (χ0) is 15.7. The van der Waals surface area contributed by atoms with Crippen molar-refractivity contribution >= 4 is 5.97 Å². The number of benzene rings is 1. The summed E-state index contributed by atoms with van der Waals surface area (Å²) in [6, 6.07) is 6.95. The van der Waals surface area contributed by atoms with Crippen LogP contribution in [-0.4, -0.2) is 23.8 Å². The molecule has 2 unspecified atom stereocenters. The van der Waals surface area contributed by atoms with Crippen molar-refractivity contribution in [1.29, 1.82) is 0 Å². The molecule has 0 aliphatic heterocycles. The molecule has 4 heteroatoms. The highest BCUT2D eigenvalue weighted by Crippen LogP contribution is 2.27. The maximum Gasteiger partial charge on any atom is 0.334 e. The van der Waals surface area contributed by atoms with E-state index in [4.69, 9.17) is 9.47 Å². The van der Waals surface area contributed by atoms with E-state index in [1.165, 1.54) is 0 Å². The molecule has 0 aliphatic rings. The number of ether oxygens (including phenoxy) is 2. The molecule has 0 saturated carbocycles. The molecule has 118 valence electrons. The number of aromatic hydroxyl groups is 1. The van der Waals surface area contributed by atoms with E-state index >= 15 is 0 Å².